The molecule has 2 saturated heterocycles. The fourth-order valence-corrected chi connectivity index (χ4v) is 6.90. The first kappa shape index (κ1) is 54.6. The summed E-state index contributed by atoms with van der Waals surface area (Å²) in [4.78, 5) is 13.1. The molecule has 0 bridgehead atoms. The van der Waals surface area contributed by atoms with Gasteiger partial charge in [-0.15, -0.1) is 0 Å². The number of hydrogen-bond donors (Lipinski definition) is 9. The van der Waals surface area contributed by atoms with Crippen molar-refractivity contribution in [3.8, 4) is 0 Å². The van der Waals surface area contributed by atoms with Crippen LogP contribution in [0.5, 0.6) is 0 Å². The minimum atomic E-state index is -1.80. The number of allylic oxidation sites excluding steroid dienone is 11. The van der Waals surface area contributed by atoms with Crippen LogP contribution in [-0.4, -0.2) is 140 Å². The number of hydrogen-bond acceptors (Lipinski definition) is 13. The Morgan fingerprint density at radius 1 is 0.607 bits per heavy atom. The maximum Gasteiger partial charge on any atom is 0.220 e. The molecule has 0 aromatic heterocycles. The number of carbonyl (C=O) groups excluding carboxylic acids is 1. The zero-order valence-electron chi connectivity index (χ0n) is 36.6. The van der Waals surface area contributed by atoms with E-state index in [9.17, 15) is 45.6 Å². The van der Waals surface area contributed by atoms with Crippen molar-refractivity contribution in [2.24, 2.45) is 0 Å². The van der Waals surface area contributed by atoms with Crippen LogP contribution in [0.3, 0.4) is 0 Å². The van der Waals surface area contributed by atoms with Gasteiger partial charge in [-0.2, -0.15) is 0 Å². The summed E-state index contributed by atoms with van der Waals surface area (Å²) in [7, 11) is 0. The highest BCUT2D eigenvalue weighted by Crippen LogP contribution is 2.29. The Morgan fingerprint density at radius 2 is 1.15 bits per heavy atom. The minimum Gasteiger partial charge on any atom is -0.394 e. The highest BCUT2D eigenvalue weighted by Gasteiger charge is 2.50. The van der Waals surface area contributed by atoms with Crippen molar-refractivity contribution >= 4 is 5.91 Å². The quantitative estimate of drug-likeness (QED) is 0.0336. The summed E-state index contributed by atoms with van der Waals surface area (Å²) in [6, 6.07) is -0.970. The minimum absolute atomic E-state index is 0.148. The summed E-state index contributed by atoms with van der Waals surface area (Å²) >= 11 is 0. The van der Waals surface area contributed by atoms with Crippen molar-refractivity contribution in [1.29, 1.82) is 0 Å². The Kier molecular flexibility index (Phi) is 30.3. The van der Waals surface area contributed by atoms with E-state index in [4.69, 9.17) is 18.9 Å². The molecule has 0 saturated carbocycles. The lowest BCUT2D eigenvalue weighted by Gasteiger charge is -2.46. The first-order chi connectivity index (χ1) is 29.6. The molecular formula is C47H79NO13. The van der Waals surface area contributed by atoms with Gasteiger partial charge in [0.05, 0.1) is 32.0 Å². The lowest BCUT2D eigenvalue weighted by molar-refractivity contribution is -0.359. The lowest BCUT2D eigenvalue weighted by Crippen LogP contribution is -2.65. The summed E-state index contributed by atoms with van der Waals surface area (Å²) in [5, 5.41) is 86.3. The molecule has 14 nitrogen and oxygen atoms in total. The van der Waals surface area contributed by atoms with Gasteiger partial charge in [-0.3, -0.25) is 4.79 Å². The number of carbonyl (C=O) groups is 1. The van der Waals surface area contributed by atoms with Gasteiger partial charge in [0.1, 0.15) is 48.8 Å². The molecule has 0 aromatic rings. The second-order valence-corrected chi connectivity index (χ2v) is 15.8. The Hall–Kier alpha value is -2.57. The van der Waals surface area contributed by atoms with Gasteiger partial charge in [-0.25, -0.2) is 0 Å². The second-order valence-electron chi connectivity index (χ2n) is 15.8. The van der Waals surface area contributed by atoms with E-state index in [-0.39, 0.29) is 18.9 Å². The Bertz CT molecular complexity index is 1300. The first-order valence-corrected chi connectivity index (χ1v) is 22.7. The molecule has 2 heterocycles. The van der Waals surface area contributed by atoms with Gasteiger partial charge in [0.15, 0.2) is 12.6 Å². The van der Waals surface area contributed by atoms with Crippen molar-refractivity contribution in [3.05, 3.63) is 72.9 Å². The van der Waals surface area contributed by atoms with Gasteiger partial charge < -0.3 is 65.1 Å². The third-order valence-corrected chi connectivity index (χ3v) is 10.6. The normalized spacial score (nSPS) is 28.7. The molecule has 1 amide bonds. The number of aliphatic hydroxyl groups excluding tert-OH is 8. The fraction of sp³-hybridized carbons (Fsp3) is 0.723. The van der Waals surface area contributed by atoms with Crippen molar-refractivity contribution < 1.29 is 64.6 Å². The molecule has 0 radical (unpaired) electrons. The zero-order chi connectivity index (χ0) is 44.7. The number of aliphatic hydroxyl groups is 8. The topological polar surface area (TPSA) is 228 Å². The van der Waals surface area contributed by atoms with E-state index in [1.54, 1.807) is 6.08 Å². The van der Waals surface area contributed by atoms with Gasteiger partial charge in [0.25, 0.3) is 0 Å². The predicted molar refractivity (Wildman–Crippen MR) is 235 cm³/mol. The molecule has 2 rings (SSSR count). The molecule has 2 aliphatic heterocycles. The predicted octanol–water partition coefficient (Wildman–Crippen LogP) is 4.48. The summed E-state index contributed by atoms with van der Waals surface area (Å²) in [5.41, 5.74) is 0. The van der Waals surface area contributed by atoms with E-state index < -0.39 is 86.8 Å². The smallest absolute Gasteiger partial charge is 0.220 e. The highest BCUT2D eigenvalue weighted by molar-refractivity contribution is 5.76. The molecule has 2 aliphatic rings. The summed E-state index contributed by atoms with van der Waals surface area (Å²) in [6.07, 6.45) is 24.0. The maximum absolute atomic E-state index is 13.1. The third-order valence-electron chi connectivity index (χ3n) is 10.6. The van der Waals surface area contributed by atoms with E-state index >= 15 is 0 Å². The van der Waals surface area contributed by atoms with E-state index in [0.29, 0.717) is 12.8 Å². The average molecular weight is 866 g/mol. The van der Waals surface area contributed by atoms with E-state index in [2.05, 4.69) is 67.8 Å². The van der Waals surface area contributed by atoms with Crippen LogP contribution in [0.15, 0.2) is 72.9 Å². The molecule has 2 fully saturated rings. The van der Waals surface area contributed by atoms with Gasteiger partial charge in [0.2, 0.25) is 5.91 Å². The van der Waals surface area contributed by atoms with Crippen molar-refractivity contribution in [3.63, 3.8) is 0 Å². The lowest BCUT2D eigenvalue weighted by atomic mass is 9.97. The molecule has 0 aliphatic carbocycles. The van der Waals surface area contributed by atoms with Crippen LogP contribution < -0.4 is 5.32 Å². The Morgan fingerprint density at radius 3 is 1.79 bits per heavy atom. The van der Waals surface area contributed by atoms with Crippen LogP contribution in [-0.2, 0) is 23.7 Å². The molecule has 0 spiro atoms. The molecule has 12 unspecified atom stereocenters. The number of amides is 1. The standard InChI is InChI=1S/C47H79NO13/c1-3-5-7-9-11-13-15-17-19-20-22-24-26-28-30-36(51)35(48-39(52)31-29-27-25-23-21-18-16-14-12-10-8-6-4-2)34-58-46-44(57)42(55)45(38(33-50)60-46)61-47-43(56)41(54)40(53)37(32-49)59-47/h6,8,12,14,18,20-22,25,27-28,30,35-38,40-47,49-51,53-57H,3-5,7,9-11,13,15-17,19,23-24,26,29,31-34H2,1-2H3,(H,48,52)/b8-6-,14-12-,21-18-,22-20+,27-25-,30-28+. The van der Waals surface area contributed by atoms with E-state index in [1.807, 2.05) is 18.2 Å². The SMILES string of the molecule is CC/C=C\C/C=C\C/C=C\C/C=C\CCC(=O)NC(COC1OC(CO)C(OC2OC(CO)C(O)C(O)C2O)C(O)C1O)C(O)/C=C/CC/C=C/CCCCCCCCCC. The van der Waals surface area contributed by atoms with Crippen molar-refractivity contribution in [1.82, 2.24) is 5.32 Å². The third kappa shape index (κ3) is 22.1. The summed E-state index contributed by atoms with van der Waals surface area (Å²) in [5.74, 6) is -0.334. The maximum atomic E-state index is 13.1. The summed E-state index contributed by atoms with van der Waals surface area (Å²) < 4.78 is 22.6. The number of rotatable bonds is 32. The van der Waals surface area contributed by atoms with Crippen LogP contribution in [0.25, 0.3) is 0 Å². The van der Waals surface area contributed by atoms with Gasteiger partial charge in [0, 0.05) is 6.42 Å². The zero-order valence-corrected chi connectivity index (χ0v) is 36.6. The molecule has 0 aromatic carbocycles. The van der Waals surface area contributed by atoms with Gasteiger partial charge >= 0.3 is 0 Å². The van der Waals surface area contributed by atoms with E-state index in [1.165, 1.54) is 51.4 Å². The van der Waals surface area contributed by atoms with Crippen LogP contribution in [0.2, 0.25) is 0 Å². The largest absolute Gasteiger partial charge is 0.394 e. The number of ether oxygens (including phenoxy) is 4. The number of unbranched alkanes of at least 4 members (excludes halogenated alkanes) is 9. The van der Waals surface area contributed by atoms with Crippen LogP contribution in [0.4, 0.5) is 0 Å². The molecule has 61 heavy (non-hydrogen) atoms. The Labute approximate surface area is 364 Å². The monoisotopic (exact) mass is 866 g/mol. The van der Waals surface area contributed by atoms with Crippen molar-refractivity contribution in [2.45, 2.75) is 197 Å². The molecule has 14 heteroatoms. The molecule has 9 N–H and O–H groups in total. The molecule has 350 valence electrons. The fourth-order valence-electron chi connectivity index (χ4n) is 6.90. The average Bonchev–Trinajstić information content (AvgIpc) is 3.26. The van der Waals surface area contributed by atoms with Crippen LogP contribution in [0, 0.1) is 0 Å². The molecular weight excluding hydrogens is 787 g/mol. The van der Waals surface area contributed by atoms with Crippen LogP contribution >= 0.6 is 0 Å². The highest BCUT2D eigenvalue weighted by atomic mass is 16.7. The summed E-state index contributed by atoms with van der Waals surface area (Å²) in [6.45, 7) is 2.55. The van der Waals surface area contributed by atoms with E-state index in [0.717, 1.165) is 38.5 Å². The molecule has 12 atom stereocenters. The Balaban J connectivity index is 1.96. The number of nitrogens with one attached hydrogen (secondary N) is 1. The van der Waals surface area contributed by atoms with Gasteiger partial charge in [-0.05, 0) is 57.8 Å². The van der Waals surface area contributed by atoms with Gasteiger partial charge in [-0.1, -0.05) is 132 Å². The van der Waals surface area contributed by atoms with Crippen molar-refractivity contribution in [2.75, 3.05) is 19.8 Å². The van der Waals surface area contributed by atoms with Crippen LogP contribution in [0.1, 0.15) is 123 Å². The first-order valence-electron chi connectivity index (χ1n) is 22.7. The second kappa shape index (κ2) is 33.9.